The fourth-order valence-corrected chi connectivity index (χ4v) is 2.36. The molecule has 1 aromatic rings. The molecule has 0 atom stereocenters. The van der Waals surface area contributed by atoms with Gasteiger partial charge in [0.25, 0.3) is 0 Å². The van der Waals surface area contributed by atoms with E-state index in [0.29, 0.717) is 6.42 Å². The third kappa shape index (κ3) is 1.73. The summed E-state index contributed by atoms with van der Waals surface area (Å²) >= 11 is 6.77. The number of carbonyl (C=O) groups excluding carboxylic acids is 1. The highest BCUT2D eigenvalue weighted by Crippen LogP contribution is 2.31. The molecule has 1 aliphatic rings. The van der Waals surface area contributed by atoms with Crippen LogP contribution in [-0.2, 0) is 11.2 Å². The van der Waals surface area contributed by atoms with Gasteiger partial charge in [-0.1, -0.05) is 37.9 Å². The highest BCUT2D eigenvalue weighted by Gasteiger charge is 2.26. The molecule has 0 saturated carbocycles. The Balaban J connectivity index is 2.39. The fraction of sp³-hybridized carbons (Fsp3) is 0.300. The summed E-state index contributed by atoms with van der Waals surface area (Å²) in [6.45, 7) is 0.738. The molecule has 0 unspecified atom stereocenters. The number of nitrogens with zero attached hydrogens (tertiary/aromatic N) is 1. The molecule has 1 heterocycles. The van der Waals surface area contributed by atoms with Crippen LogP contribution in [0.5, 0.6) is 0 Å². The minimum Gasteiger partial charge on any atom is -0.311 e. The van der Waals surface area contributed by atoms with Gasteiger partial charge in [0.2, 0.25) is 5.91 Å². The van der Waals surface area contributed by atoms with E-state index in [1.54, 1.807) is 0 Å². The van der Waals surface area contributed by atoms with Gasteiger partial charge in [-0.3, -0.25) is 4.79 Å². The summed E-state index contributed by atoms with van der Waals surface area (Å²) in [6.07, 6.45) is 0.537. The van der Waals surface area contributed by atoms with Crippen molar-refractivity contribution in [1.29, 1.82) is 0 Å². The molecule has 0 aliphatic carbocycles. The molecule has 0 spiro atoms. The lowest BCUT2D eigenvalue weighted by Gasteiger charge is -2.15. The summed E-state index contributed by atoms with van der Waals surface area (Å²) in [4.78, 5) is 13.5. The van der Waals surface area contributed by atoms with E-state index < -0.39 is 0 Å². The lowest BCUT2D eigenvalue weighted by Crippen LogP contribution is -2.28. The predicted molar refractivity (Wildman–Crippen MR) is 64.0 cm³/mol. The van der Waals surface area contributed by atoms with Crippen LogP contribution in [0.25, 0.3) is 0 Å². The van der Waals surface area contributed by atoms with E-state index in [9.17, 15) is 4.79 Å². The molecular formula is C10H9Br2NO. The zero-order valence-corrected chi connectivity index (χ0v) is 10.6. The van der Waals surface area contributed by atoms with E-state index in [1.807, 2.05) is 23.1 Å². The molecule has 2 rings (SSSR count). The topological polar surface area (TPSA) is 20.3 Å². The Bertz CT molecular complexity index is 378. The van der Waals surface area contributed by atoms with Crippen molar-refractivity contribution in [3.05, 3.63) is 28.2 Å². The molecule has 2 nitrogen and oxygen atoms in total. The van der Waals surface area contributed by atoms with Crippen LogP contribution in [0.15, 0.2) is 22.7 Å². The van der Waals surface area contributed by atoms with Gasteiger partial charge in [0.15, 0.2) is 0 Å². The maximum Gasteiger partial charge on any atom is 0.231 e. The molecule has 74 valence electrons. The number of hydrogen-bond donors (Lipinski definition) is 0. The first-order chi connectivity index (χ1) is 6.72. The maximum absolute atomic E-state index is 11.6. The SMILES string of the molecule is O=C1Cc2ccc(Br)cc2N1CCBr. The number of halogens is 2. The Morgan fingerprint density at radius 2 is 2.21 bits per heavy atom. The Morgan fingerprint density at radius 1 is 1.43 bits per heavy atom. The molecule has 0 radical (unpaired) electrons. The molecule has 1 amide bonds. The summed E-state index contributed by atoms with van der Waals surface area (Å²) in [5, 5.41) is 0.810. The smallest absolute Gasteiger partial charge is 0.231 e. The van der Waals surface area contributed by atoms with E-state index in [2.05, 4.69) is 31.9 Å². The summed E-state index contributed by atoms with van der Waals surface area (Å²) in [6, 6.07) is 5.98. The lowest BCUT2D eigenvalue weighted by atomic mass is 10.2. The van der Waals surface area contributed by atoms with Gasteiger partial charge in [-0.15, -0.1) is 0 Å². The first kappa shape index (κ1) is 10.2. The van der Waals surface area contributed by atoms with Crippen LogP contribution in [-0.4, -0.2) is 17.8 Å². The maximum atomic E-state index is 11.6. The zero-order valence-electron chi connectivity index (χ0n) is 7.46. The standard InChI is InChI=1S/C10H9Br2NO/c11-3-4-13-9-6-8(12)2-1-7(9)5-10(13)14/h1-2,6H,3-5H2. The fourth-order valence-electron chi connectivity index (χ4n) is 1.66. The highest BCUT2D eigenvalue weighted by molar-refractivity contribution is 9.10. The van der Waals surface area contributed by atoms with E-state index in [1.165, 1.54) is 0 Å². The first-order valence-corrected chi connectivity index (χ1v) is 6.28. The molecule has 1 aromatic carbocycles. The minimum absolute atomic E-state index is 0.192. The van der Waals surface area contributed by atoms with Crippen molar-refractivity contribution in [3.8, 4) is 0 Å². The summed E-state index contributed by atoms with van der Waals surface area (Å²) in [5.41, 5.74) is 2.17. The Morgan fingerprint density at radius 3 is 2.93 bits per heavy atom. The van der Waals surface area contributed by atoms with E-state index in [-0.39, 0.29) is 5.91 Å². The molecule has 0 saturated heterocycles. The van der Waals surface area contributed by atoms with Crippen LogP contribution >= 0.6 is 31.9 Å². The van der Waals surface area contributed by atoms with Crippen LogP contribution in [0.4, 0.5) is 5.69 Å². The predicted octanol–water partition coefficient (Wildman–Crippen LogP) is 2.73. The highest BCUT2D eigenvalue weighted by atomic mass is 79.9. The van der Waals surface area contributed by atoms with E-state index in [0.717, 1.165) is 27.6 Å². The lowest BCUT2D eigenvalue weighted by molar-refractivity contribution is -0.117. The number of carbonyl (C=O) groups is 1. The van der Waals surface area contributed by atoms with Gasteiger partial charge >= 0.3 is 0 Å². The molecular weight excluding hydrogens is 310 g/mol. The molecule has 14 heavy (non-hydrogen) atoms. The van der Waals surface area contributed by atoms with Crippen LogP contribution in [0, 0.1) is 0 Å². The van der Waals surface area contributed by atoms with Gasteiger partial charge in [0.05, 0.1) is 6.42 Å². The van der Waals surface area contributed by atoms with Crippen LogP contribution in [0.2, 0.25) is 0 Å². The number of alkyl halides is 1. The third-order valence-electron chi connectivity index (χ3n) is 2.29. The largest absolute Gasteiger partial charge is 0.311 e. The average Bonchev–Trinajstić information content (AvgIpc) is 2.45. The first-order valence-electron chi connectivity index (χ1n) is 4.37. The van der Waals surface area contributed by atoms with Gasteiger partial charge in [-0.2, -0.15) is 0 Å². The molecule has 0 N–H and O–H groups in total. The normalized spacial score (nSPS) is 14.7. The van der Waals surface area contributed by atoms with Gasteiger partial charge in [-0.25, -0.2) is 0 Å². The van der Waals surface area contributed by atoms with E-state index in [4.69, 9.17) is 0 Å². The monoisotopic (exact) mass is 317 g/mol. The summed E-state index contributed by atoms with van der Waals surface area (Å²) < 4.78 is 1.02. The number of amides is 1. The van der Waals surface area contributed by atoms with Crippen molar-refractivity contribution >= 4 is 43.5 Å². The number of hydrogen-bond acceptors (Lipinski definition) is 1. The minimum atomic E-state index is 0.192. The second-order valence-electron chi connectivity index (χ2n) is 3.18. The van der Waals surface area contributed by atoms with Crippen LogP contribution < -0.4 is 4.90 Å². The molecule has 4 heteroatoms. The second kappa shape index (κ2) is 4.03. The van der Waals surface area contributed by atoms with Gasteiger partial charge in [-0.05, 0) is 17.7 Å². The van der Waals surface area contributed by atoms with Gasteiger partial charge in [0.1, 0.15) is 0 Å². The quantitative estimate of drug-likeness (QED) is 0.768. The summed E-state index contributed by atoms with van der Waals surface area (Å²) in [7, 11) is 0. The average molecular weight is 319 g/mol. The Labute approximate surface area is 99.5 Å². The van der Waals surface area contributed by atoms with Crippen molar-refractivity contribution in [2.45, 2.75) is 6.42 Å². The van der Waals surface area contributed by atoms with E-state index >= 15 is 0 Å². The van der Waals surface area contributed by atoms with Crippen molar-refractivity contribution in [2.24, 2.45) is 0 Å². The van der Waals surface area contributed by atoms with Crippen LogP contribution in [0.3, 0.4) is 0 Å². The number of fused-ring (bicyclic) bond motifs is 1. The third-order valence-corrected chi connectivity index (χ3v) is 3.14. The molecule has 0 fully saturated rings. The second-order valence-corrected chi connectivity index (χ2v) is 4.89. The number of anilines is 1. The zero-order chi connectivity index (χ0) is 10.1. The molecule has 1 aliphatic heterocycles. The molecule has 0 bridgehead atoms. The van der Waals surface area contributed by atoms with Crippen molar-refractivity contribution < 1.29 is 4.79 Å². The van der Waals surface area contributed by atoms with Gasteiger partial charge < -0.3 is 4.90 Å². The number of benzene rings is 1. The Hall–Kier alpha value is -0.350. The van der Waals surface area contributed by atoms with Crippen LogP contribution in [0.1, 0.15) is 5.56 Å². The van der Waals surface area contributed by atoms with Gasteiger partial charge in [0, 0.05) is 22.0 Å². The Kier molecular flexibility index (Phi) is 2.93. The molecule has 0 aromatic heterocycles. The number of rotatable bonds is 2. The van der Waals surface area contributed by atoms with Crippen molar-refractivity contribution in [2.75, 3.05) is 16.8 Å². The summed E-state index contributed by atoms with van der Waals surface area (Å²) in [5.74, 6) is 0.192. The van der Waals surface area contributed by atoms with Crippen molar-refractivity contribution in [3.63, 3.8) is 0 Å². The van der Waals surface area contributed by atoms with Crippen molar-refractivity contribution in [1.82, 2.24) is 0 Å².